The van der Waals surface area contributed by atoms with Gasteiger partial charge < -0.3 is 4.74 Å². The molecule has 174 valence electrons. The third-order valence-electron chi connectivity index (χ3n) is 6.23. The summed E-state index contributed by atoms with van der Waals surface area (Å²) in [7, 11) is 1.46. The van der Waals surface area contributed by atoms with Gasteiger partial charge in [0, 0.05) is 6.42 Å². The van der Waals surface area contributed by atoms with E-state index < -0.39 is 0 Å². The lowest BCUT2D eigenvalue weighted by atomic mass is 9.83. The highest BCUT2D eigenvalue weighted by molar-refractivity contribution is 5.68. The zero-order valence-corrected chi connectivity index (χ0v) is 20.2. The van der Waals surface area contributed by atoms with Crippen molar-refractivity contribution in [3.8, 4) is 0 Å². The molecule has 1 aromatic rings. The quantitative estimate of drug-likeness (QED) is 0.125. The van der Waals surface area contributed by atoms with E-state index in [-0.39, 0.29) is 5.97 Å². The number of methoxy groups -OCH3 is 1. The fourth-order valence-corrected chi connectivity index (χ4v) is 4.20. The molecule has 1 rings (SSSR count). The van der Waals surface area contributed by atoms with Gasteiger partial charge in [-0.1, -0.05) is 120 Å². The summed E-state index contributed by atoms with van der Waals surface area (Å²) < 4.78 is 4.71. The average molecular weight is 427 g/mol. The fraction of sp³-hybridized carbons (Fsp3) is 0.621. The molecular weight excluding hydrogens is 380 g/mol. The topological polar surface area (TPSA) is 26.3 Å². The first-order valence-corrected chi connectivity index (χ1v) is 12.6. The molecule has 0 saturated heterocycles. The molecule has 0 fully saturated rings. The maximum atomic E-state index is 11.2. The Morgan fingerprint density at radius 1 is 0.871 bits per heavy atom. The molecule has 1 aromatic carbocycles. The van der Waals surface area contributed by atoms with Crippen molar-refractivity contribution in [2.45, 2.75) is 96.8 Å². The number of hydrogen-bond acceptors (Lipinski definition) is 2. The molecule has 2 atom stereocenters. The van der Waals surface area contributed by atoms with Crippen LogP contribution in [0.25, 0.3) is 6.08 Å². The van der Waals surface area contributed by atoms with E-state index >= 15 is 0 Å². The molecule has 0 radical (unpaired) electrons. The number of carbonyl (C=O) groups is 1. The summed E-state index contributed by atoms with van der Waals surface area (Å²) in [6, 6.07) is 10.6. The Balaban J connectivity index is 2.46. The Morgan fingerprint density at radius 3 is 2.06 bits per heavy atom. The molecule has 0 aliphatic heterocycles. The minimum atomic E-state index is -0.0885. The van der Waals surface area contributed by atoms with Gasteiger partial charge in [0.15, 0.2) is 0 Å². The van der Waals surface area contributed by atoms with E-state index in [4.69, 9.17) is 4.74 Å². The van der Waals surface area contributed by atoms with E-state index in [2.05, 4.69) is 62.1 Å². The van der Waals surface area contributed by atoms with Crippen molar-refractivity contribution in [2.24, 2.45) is 11.8 Å². The number of ether oxygens (including phenoxy) is 1. The molecule has 0 aromatic heterocycles. The highest BCUT2D eigenvalue weighted by Gasteiger charge is 2.16. The number of hydrogen-bond donors (Lipinski definition) is 0. The molecule has 2 heteroatoms. The smallest absolute Gasteiger partial charge is 0.305 e. The van der Waals surface area contributed by atoms with Gasteiger partial charge in [-0.15, -0.1) is 6.58 Å². The SMILES string of the molecule is C=CC(CCCCCCCC(=O)OC)C(/C=C/c1ccccc1)CCCCCCCC. The fourth-order valence-electron chi connectivity index (χ4n) is 4.20. The van der Waals surface area contributed by atoms with E-state index in [9.17, 15) is 4.79 Å². The molecule has 0 heterocycles. The highest BCUT2D eigenvalue weighted by atomic mass is 16.5. The molecule has 0 amide bonds. The minimum Gasteiger partial charge on any atom is -0.469 e. The average Bonchev–Trinajstić information content (AvgIpc) is 2.80. The maximum Gasteiger partial charge on any atom is 0.305 e. The van der Waals surface area contributed by atoms with Crippen LogP contribution in [0, 0.1) is 11.8 Å². The molecule has 0 bridgehead atoms. The van der Waals surface area contributed by atoms with Gasteiger partial charge in [0.25, 0.3) is 0 Å². The van der Waals surface area contributed by atoms with Crippen LogP contribution in [-0.4, -0.2) is 13.1 Å². The molecule has 2 unspecified atom stereocenters. The van der Waals surface area contributed by atoms with Crippen molar-refractivity contribution in [3.63, 3.8) is 0 Å². The predicted octanol–water partition coefficient (Wildman–Crippen LogP) is 8.77. The largest absolute Gasteiger partial charge is 0.469 e. The summed E-state index contributed by atoms with van der Waals surface area (Å²) in [6.45, 7) is 6.45. The first kappa shape index (κ1) is 27.2. The molecular formula is C29H46O2. The first-order valence-electron chi connectivity index (χ1n) is 12.6. The zero-order valence-electron chi connectivity index (χ0n) is 20.2. The van der Waals surface area contributed by atoms with Crippen LogP contribution in [-0.2, 0) is 9.53 Å². The number of carbonyl (C=O) groups excluding carboxylic acids is 1. The summed E-state index contributed by atoms with van der Waals surface area (Å²) in [6.07, 6.45) is 23.7. The number of allylic oxidation sites excluding steroid dienone is 2. The van der Waals surface area contributed by atoms with E-state index in [1.54, 1.807) is 0 Å². The van der Waals surface area contributed by atoms with E-state index in [0.29, 0.717) is 18.3 Å². The monoisotopic (exact) mass is 426 g/mol. The van der Waals surface area contributed by atoms with Crippen LogP contribution in [0.3, 0.4) is 0 Å². The van der Waals surface area contributed by atoms with Gasteiger partial charge in [-0.05, 0) is 36.7 Å². The van der Waals surface area contributed by atoms with Gasteiger partial charge in [-0.2, -0.15) is 0 Å². The Kier molecular flexibility index (Phi) is 16.6. The van der Waals surface area contributed by atoms with Crippen LogP contribution in [0.4, 0.5) is 0 Å². The Labute approximate surface area is 192 Å². The third kappa shape index (κ3) is 14.0. The minimum absolute atomic E-state index is 0.0885. The van der Waals surface area contributed by atoms with Gasteiger partial charge in [-0.3, -0.25) is 4.79 Å². The Bertz CT molecular complexity index is 590. The summed E-state index contributed by atoms with van der Waals surface area (Å²) >= 11 is 0. The summed E-state index contributed by atoms with van der Waals surface area (Å²) in [5, 5.41) is 0. The van der Waals surface area contributed by atoms with Crippen molar-refractivity contribution in [2.75, 3.05) is 7.11 Å². The van der Waals surface area contributed by atoms with Crippen LogP contribution >= 0.6 is 0 Å². The lowest BCUT2D eigenvalue weighted by molar-refractivity contribution is -0.140. The van der Waals surface area contributed by atoms with Crippen LogP contribution in [0.15, 0.2) is 49.1 Å². The standard InChI is InChI=1S/C29H46O2/c1-4-6-7-8-10-17-22-28(25-24-26-19-14-13-15-20-26)27(5-2)21-16-11-9-12-18-23-29(30)31-3/h5,13-15,19-20,24-25,27-28H,2,4,6-12,16-18,21-23H2,1,3H3/b25-24+. The lowest BCUT2D eigenvalue weighted by Gasteiger charge is -2.22. The van der Waals surface area contributed by atoms with Crippen LogP contribution in [0.2, 0.25) is 0 Å². The molecule has 0 aliphatic carbocycles. The number of unbranched alkanes of at least 4 members (excludes halogenated alkanes) is 9. The van der Waals surface area contributed by atoms with Crippen molar-refractivity contribution in [1.29, 1.82) is 0 Å². The second kappa shape index (κ2) is 18.9. The van der Waals surface area contributed by atoms with Gasteiger partial charge in [0.2, 0.25) is 0 Å². The van der Waals surface area contributed by atoms with Crippen LogP contribution < -0.4 is 0 Å². The van der Waals surface area contributed by atoms with Crippen molar-refractivity contribution < 1.29 is 9.53 Å². The van der Waals surface area contributed by atoms with Gasteiger partial charge in [0.05, 0.1) is 7.11 Å². The second-order valence-corrected chi connectivity index (χ2v) is 8.77. The normalized spacial score (nSPS) is 13.2. The summed E-state index contributed by atoms with van der Waals surface area (Å²) in [4.78, 5) is 11.2. The number of benzene rings is 1. The molecule has 0 aliphatic rings. The Hall–Kier alpha value is -1.83. The maximum absolute atomic E-state index is 11.2. The second-order valence-electron chi connectivity index (χ2n) is 8.77. The van der Waals surface area contributed by atoms with Crippen molar-refractivity contribution in [3.05, 3.63) is 54.6 Å². The van der Waals surface area contributed by atoms with Gasteiger partial charge in [-0.25, -0.2) is 0 Å². The molecule has 0 spiro atoms. The molecule has 2 nitrogen and oxygen atoms in total. The summed E-state index contributed by atoms with van der Waals surface area (Å²) in [5.74, 6) is 1.03. The first-order chi connectivity index (χ1) is 15.2. The van der Waals surface area contributed by atoms with Crippen LogP contribution in [0.5, 0.6) is 0 Å². The van der Waals surface area contributed by atoms with Gasteiger partial charge >= 0.3 is 5.97 Å². The van der Waals surface area contributed by atoms with E-state index in [1.165, 1.54) is 83.3 Å². The van der Waals surface area contributed by atoms with Crippen LogP contribution in [0.1, 0.15) is 102 Å². The molecule has 31 heavy (non-hydrogen) atoms. The number of esters is 1. The number of rotatable bonds is 19. The molecule has 0 N–H and O–H groups in total. The summed E-state index contributed by atoms with van der Waals surface area (Å²) in [5.41, 5.74) is 1.28. The van der Waals surface area contributed by atoms with Crippen molar-refractivity contribution >= 4 is 12.0 Å². The van der Waals surface area contributed by atoms with E-state index in [0.717, 1.165) is 12.8 Å². The zero-order chi connectivity index (χ0) is 22.6. The third-order valence-corrected chi connectivity index (χ3v) is 6.23. The molecule has 0 saturated carbocycles. The van der Waals surface area contributed by atoms with Crippen molar-refractivity contribution in [1.82, 2.24) is 0 Å². The van der Waals surface area contributed by atoms with Gasteiger partial charge in [0.1, 0.15) is 0 Å². The predicted molar refractivity (Wildman–Crippen MR) is 135 cm³/mol. The lowest BCUT2D eigenvalue weighted by Crippen LogP contribution is -2.11. The highest BCUT2D eigenvalue weighted by Crippen LogP contribution is 2.28. The van der Waals surface area contributed by atoms with E-state index in [1.807, 2.05) is 0 Å². The Morgan fingerprint density at radius 2 is 1.45 bits per heavy atom.